The minimum atomic E-state index is -0.274. The van der Waals surface area contributed by atoms with Crippen molar-refractivity contribution in [3.8, 4) is 11.5 Å². The maximum atomic E-state index is 12.7. The normalized spacial score (nSPS) is 14.9. The number of anilines is 1. The van der Waals surface area contributed by atoms with E-state index in [-0.39, 0.29) is 18.5 Å². The maximum absolute atomic E-state index is 12.7. The summed E-state index contributed by atoms with van der Waals surface area (Å²) in [7, 11) is 0. The zero-order chi connectivity index (χ0) is 21.9. The second kappa shape index (κ2) is 12.3. The highest BCUT2D eigenvalue weighted by Crippen LogP contribution is 2.29. The molecule has 1 fully saturated rings. The molecule has 0 spiro atoms. The third-order valence-corrected chi connectivity index (χ3v) is 4.59. The number of benzene rings is 1. The van der Waals surface area contributed by atoms with Crippen molar-refractivity contribution in [2.75, 3.05) is 57.9 Å². The van der Waals surface area contributed by atoms with E-state index in [1.54, 1.807) is 17.0 Å². The van der Waals surface area contributed by atoms with E-state index in [9.17, 15) is 9.59 Å². The molecule has 1 aromatic carbocycles. The van der Waals surface area contributed by atoms with Crippen molar-refractivity contribution in [2.45, 2.75) is 34.1 Å². The summed E-state index contributed by atoms with van der Waals surface area (Å²) in [4.78, 5) is 28.6. The second-order valence-corrected chi connectivity index (χ2v) is 7.66. The van der Waals surface area contributed by atoms with E-state index in [4.69, 9.17) is 14.2 Å². The van der Waals surface area contributed by atoms with E-state index < -0.39 is 0 Å². The number of rotatable bonds is 9. The lowest BCUT2D eigenvalue weighted by Gasteiger charge is -2.22. The summed E-state index contributed by atoms with van der Waals surface area (Å²) in [5, 5.41) is 2.94. The lowest BCUT2D eigenvalue weighted by molar-refractivity contribution is -0.117. The van der Waals surface area contributed by atoms with Crippen molar-refractivity contribution in [3.05, 3.63) is 18.2 Å². The Balaban J connectivity index is 1.90. The van der Waals surface area contributed by atoms with Gasteiger partial charge in [0.25, 0.3) is 0 Å². The van der Waals surface area contributed by atoms with E-state index in [1.807, 2.05) is 33.8 Å². The van der Waals surface area contributed by atoms with Gasteiger partial charge in [0.2, 0.25) is 5.91 Å². The summed E-state index contributed by atoms with van der Waals surface area (Å²) >= 11 is 0. The van der Waals surface area contributed by atoms with Crippen LogP contribution in [0.25, 0.3) is 0 Å². The van der Waals surface area contributed by atoms with Crippen LogP contribution in [0.5, 0.6) is 11.5 Å². The van der Waals surface area contributed by atoms with Crippen LogP contribution in [0.3, 0.4) is 0 Å². The monoisotopic (exact) mass is 421 g/mol. The van der Waals surface area contributed by atoms with Crippen molar-refractivity contribution in [2.24, 2.45) is 5.92 Å². The van der Waals surface area contributed by atoms with Crippen LogP contribution in [-0.4, -0.2) is 74.3 Å². The Hall–Kier alpha value is -2.48. The van der Waals surface area contributed by atoms with Gasteiger partial charge in [-0.05, 0) is 38.3 Å². The van der Waals surface area contributed by atoms with Gasteiger partial charge in [-0.3, -0.25) is 9.69 Å². The molecule has 1 N–H and O–H groups in total. The third-order valence-electron chi connectivity index (χ3n) is 4.59. The first-order valence-corrected chi connectivity index (χ1v) is 10.8. The Morgan fingerprint density at radius 1 is 1.07 bits per heavy atom. The molecule has 168 valence electrons. The van der Waals surface area contributed by atoms with Gasteiger partial charge in [0.15, 0.2) is 0 Å². The molecule has 0 aliphatic carbocycles. The first kappa shape index (κ1) is 23.8. The molecule has 1 saturated heterocycles. The Morgan fingerprint density at radius 3 is 2.53 bits per heavy atom. The van der Waals surface area contributed by atoms with Crippen LogP contribution in [0.4, 0.5) is 10.5 Å². The van der Waals surface area contributed by atoms with Crippen molar-refractivity contribution < 1.29 is 23.8 Å². The van der Waals surface area contributed by atoms with Gasteiger partial charge in [-0.2, -0.15) is 0 Å². The number of carbonyl (C=O) groups excluding carboxylic acids is 2. The first-order chi connectivity index (χ1) is 14.4. The van der Waals surface area contributed by atoms with Crippen LogP contribution in [0.1, 0.15) is 34.1 Å². The van der Waals surface area contributed by atoms with Crippen LogP contribution in [0, 0.1) is 5.92 Å². The summed E-state index contributed by atoms with van der Waals surface area (Å²) in [6, 6.07) is 5.41. The Labute approximate surface area is 179 Å². The molecule has 30 heavy (non-hydrogen) atoms. The highest BCUT2D eigenvalue weighted by Gasteiger charge is 2.22. The molecule has 0 saturated carbocycles. The Morgan fingerprint density at radius 2 is 1.83 bits per heavy atom. The van der Waals surface area contributed by atoms with Gasteiger partial charge in [-0.15, -0.1) is 0 Å². The van der Waals surface area contributed by atoms with Crippen molar-refractivity contribution in [1.29, 1.82) is 0 Å². The largest absolute Gasteiger partial charge is 0.494 e. The average Bonchev–Trinajstić information content (AvgIpc) is 2.94. The van der Waals surface area contributed by atoms with E-state index in [0.717, 1.165) is 13.0 Å². The van der Waals surface area contributed by atoms with Crippen LogP contribution in [0.15, 0.2) is 18.2 Å². The molecule has 0 atom stereocenters. The summed E-state index contributed by atoms with van der Waals surface area (Å²) < 4.78 is 16.5. The highest BCUT2D eigenvalue weighted by molar-refractivity contribution is 5.94. The van der Waals surface area contributed by atoms with E-state index in [0.29, 0.717) is 62.6 Å². The molecule has 2 amide bonds. The molecule has 0 unspecified atom stereocenters. The summed E-state index contributed by atoms with van der Waals surface area (Å²) in [6.45, 7) is 12.1. The molecule has 8 nitrogen and oxygen atoms in total. The Kier molecular flexibility index (Phi) is 9.73. The predicted molar refractivity (Wildman–Crippen MR) is 116 cm³/mol. The average molecular weight is 422 g/mol. The maximum Gasteiger partial charge on any atom is 0.409 e. The number of carbonyl (C=O) groups is 2. The van der Waals surface area contributed by atoms with E-state index in [2.05, 4.69) is 10.2 Å². The number of amides is 2. The van der Waals surface area contributed by atoms with E-state index >= 15 is 0 Å². The molecule has 2 rings (SSSR count). The summed E-state index contributed by atoms with van der Waals surface area (Å²) in [5.74, 6) is 1.48. The topological polar surface area (TPSA) is 80.3 Å². The van der Waals surface area contributed by atoms with Crippen LogP contribution in [0.2, 0.25) is 0 Å². The molecular weight excluding hydrogens is 386 g/mol. The molecule has 0 radical (unpaired) electrons. The third kappa shape index (κ3) is 7.74. The molecule has 1 aliphatic heterocycles. The highest BCUT2D eigenvalue weighted by atomic mass is 16.6. The minimum absolute atomic E-state index is 0.125. The zero-order valence-electron chi connectivity index (χ0n) is 18.6. The summed E-state index contributed by atoms with van der Waals surface area (Å²) in [5.41, 5.74) is 0.599. The van der Waals surface area contributed by atoms with Gasteiger partial charge in [0.05, 0.1) is 32.1 Å². The van der Waals surface area contributed by atoms with Gasteiger partial charge < -0.3 is 24.4 Å². The zero-order valence-corrected chi connectivity index (χ0v) is 18.6. The molecule has 1 aliphatic rings. The number of nitrogens with one attached hydrogen (secondary N) is 1. The van der Waals surface area contributed by atoms with Crippen molar-refractivity contribution in [3.63, 3.8) is 0 Å². The predicted octanol–water partition coefficient (Wildman–Crippen LogP) is 3.22. The van der Waals surface area contributed by atoms with Crippen LogP contribution in [-0.2, 0) is 9.53 Å². The minimum Gasteiger partial charge on any atom is -0.494 e. The number of ether oxygens (including phenoxy) is 3. The van der Waals surface area contributed by atoms with Gasteiger partial charge in [-0.25, -0.2) is 4.79 Å². The fraction of sp³-hybridized carbons (Fsp3) is 0.636. The molecule has 0 aromatic heterocycles. The SMILES string of the molecule is CCOc1ccc(OCC)c(NC(=O)CN2CCCN(C(=O)OCC(C)C)CC2)c1. The molecule has 1 heterocycles. The van der Waals surface area contributed by atoms with Crippen LogP contribution < -0.4 is 14.8 Å². The standard InChI is InChI=1S/C22H35N3O5/c1-5-28-18-8-9-20(29-6-2)19(14-18)23-21(26)15-24-10-7-11-25(13-12-24)22(27)30-16-17(3)4/h8-9,14,17H,5-7,10-13,15-16H2,1-4H3,(H,23,26). The van der Waals surface area contributed by atoms with Crippen molar-refractivity contribution in [1.82, 2.24) is 9.80 Å². The van der Waals surface area contributed by atoms with Gasteiger partial charge in [0.1, 0.15) is 11.5 Å². The smallest absolute Gasteiger partial charge is 0.409 e. The fourth-order valence-corrected chi connectivity index (χ4v) is 3.18. The lowest BCUT2D eigenvalue weighted by atomic mass is 10.2. The van der Waals surface area contributed by atoms with Gasteiger partial charge >= 0.3 is 6.09 Å². The molecule has 8 heteroatoms. The van der Waals surface area contributed by atoms with Crippen molar-refractivity contribution >= 4 is 17.7 Å². The van der Waals surface area contributed by atoms with E-state index in [1.165, 1.54) is 0 Å². The second-order valence-electron chi connectivity index (χ2n) is 7.66. The summed E-state index contributed by atoms with van der Waals surface area (Å²) in [6.07, 6.45) is 0.526. The number of hydrogen-bond acceptors (Lipinski definition) is 6. The molecule has 1 aromatic rings. The molecule has 0 bridgehead atoms. The van der Waals surface area contributed by atoms with Gasteiger partial charge in [-0.1, -0.05) is 13.8 Å². The molecular formula is C22H35N3O5. The van der Waals surface area contributed by atoms with Crippen LogP contribution >= 0.6 is 0 Å². The number of hydrogen-bond donors (Lipinski definition) is 1. The van der Waals surface area contributed by atoms with Gasteiger partial charge in [0, 0.05) is 32.2 Å². The quantitative estimate of drug-likeness (QED) is 0.659. The lowest BCUT2D eigenvalue weighted by Crippen LogP contribution is -2.38. The first-order valence-electron chi connectivity index (χ1n) is 10.8. The fourth-order valence-electron chi connectivity index (χ4n) is 3.18. The Bertz CT molecular complexity index is 695. The number of nitrogens with zero attached hydrogens (tertiary/aromatic N) is 2.